The minimum Gasteiger partial charge on any atom is -0.459 e. The Bertz CT molecular complexity index is 855. The molecule has 24 heavy (non-hydrogen) atoms. The number of aryl methyl sites for hydroxylation is 1. The van der Waals surface area contributed by atoms with Crippen LogP contribution < -0.4 is 5.73 Å². The van der Waals surface area contributed by atoms with Gasteiger partial charge in [0.05, 0.1) is 5.02 Å². The van der Waals surface area contributed by atoms with E-state index in [2.05, 4.69) is 9.98 Å². The summed E-state index contributed by atoms with van der Waals surface area (Å²) < 4.78 is 34.2. The van der Waals surface area contributed by atoms with Crippen molar-refractivity contribution in [3.05, 3.63) is 52.8 Å². The molecule has 1 aromatic carbocycles. The highest BCUT2D eigenvalue weighted by Crippen LogP contribution is 2.52. The van der Waals surface area contributed by atoms with Crippen LogP contribution in [0.2, 0.25) is 5.02 Å². The predicted molar refractivity (Wildman–Crippen MR) is 87.2 cm³/mol. The molecule has 1 spiro atoms. The number of amidine groups is 1. The van der Waals surface area contributed by atoms with E-state index in [0.717, 1.165) is 16.7 Å². The average molecular weight is 350 g/mol. The van der Waals surface area contributed by atoms with Gasteiger partial charge in [0, 0.05) is 18.0 Å². The van der Waals surface area contributed by atoms with Crippen molar-refractivity contribution in [1.82, 2.24) is 4.98 Å². The van der Waals surface area contributed by atoms with Crippen LogP contribution in [0.4, 0.5) is 8.78 Å². The number of hydrogen-bond acceptors (Lipinski definition) is 4. The number of alkyl halides is 2. The van der Waals surface area contributed by atoms with E-state index in [1.165, 1.54) is 6.20 Å². The lowest BCUT2D eigenvalue weighted by atomic mass is 9.84. The van der Waals surface area contributed by atoms with Gasteiger partial charge >= 0.3 is 5.92 Å². The number of rotatable bonds is 1. The summed E-state index contributed by atoms with van der Waals surface area (Å²) in [4.78, 5) is 8.09. The van der Waals surface area contributed by atoms with E-state index in [-0.39, 0.29) is 12.4 Å². The zero-order valence-corrected chi connectivity index (χ0v) is 13.4. The van der Waals surface area contributed by atoms with E-state index < -0.39 is 18.1 Å². The van der Waals surface area contributed by atoms with Gasteiger partial charge in [-0.05, 0) is 41.7 Å². The molecule has 4 rings (SSSR count). The third-order valence-electron chi connectivity index (χ3n) is 4.66. The van der Waals surface area contributed by atoms with Crippen LogP contribution in [-0.2, 0) is 16.7 Å². The van der Waals surface area contributed by atoms with Crippen LogP contribution in [0, 0.1) is 0 Å². The topological polar surface area (TPSA) is 60.5 Å². The number of aromatic nitrogens is 1. The van der Waals surface area contributed by atoms with Gasteiger partial charge in [-0.3, -0.25) is 4.98 Å². The summed E-state index contributed by atoms with van der Waals surface area (Å²) in [7, 11) is 0. The third kappa shape index (κ3) is 2.17. The highest BCUT2D eigenvalue weighted by molar-refractivity contribution is 6.30. The van der Waals surface area contributed by atoms with Gasteiger partial charge < -0.3 is 10.5 Å². The summed E-state index contributed by atoms with van der Waals surface area (Å²) in [5, 5.41) is 0.487. The molecule has 1 atom stereocenters. The Hall–Kier alpha value is -2.21. The van der Waals surface area contributed by atoms with Crippen molar-refractivity contribution in [2.24, 2.45) is 10.7 Å². The smallest absolute Gasteiger partial charge is 0.310 e. The number of fused-ring (bicyclic) bond motifs is 2. The molecule has 0 saturated carbocycles. The predicted octanol–water partition coefficient (Wildman–Crippen LogP) is 3.52. The second kappa shape index (κ2) is 5.14. The lowest BCUT2D eigenvalue weighted by Gasteiger charge is -2.37. The molecule has 1 aliphatic carbocycles. The van der Waals surface area contributed by atoms with Crippen molar-refractivity contribution in [2.75, 3.05) is 6.61 Å². The van der Waals surface area contributed by atoms with Gasteiger partial charge in [0.2, 0.25) is 0 Å². The standard InChI is InChI=1S/C17H14ClF2N3O/c18-13-5-12(7-22-8-13)11-2-1-10-3-4-16(14(10)6-11)17(19,20)9-24-15(21)23-16/h1-2,5-8H,3-4,9H2,(H2,21,23)/t16-/m1/s1. The van der Waals surface area contributed by atoms with E-state index in [1.54, 1.807) is 18.3 Å². The fourth-order valence-corrected chi connectivity index (χ4v) is 3.64. The number of benzene rings is 1. The van der Waals surface area contributed by atoms with Gasteiger partial charge in [-0.1, -0.05) is 23.7 Å². The fraction of sp³-hybridized carbons (Fsp3) is 0.294. The molecule has 0 fully saturated rings. The lowest BCUT2D eigenvalue weighted by molar-refractivity contribution is -0.121. The maximum Gasteiger partial charge on any atom is 0.310 e. The number of aliphatic imine (C=N–C) groups is 1. The summed E-state index contributed by atoms with van der Waals surface area (Å²) >= 11 is 5.98. The zero-order chi connectivity index (χ0) is 16.9. The number of halogens is 3. The molecule has 7 heteroatoms. The first kappa shape index (κ1) is 15.3. The van der Waals surface area contributed by atoms with Crippen molar-refractivity contribution >= 4 is 17.6 Å². The lowest BCUT2D eigenvalue weighted by Crippen LogP contribution is -2.51. The van der Waals surface area contributed by atoms with Crippen molar-refractivity contribution in [2.45, 2.75) is 24.3 Å². The Kier molecular flexibility index (Phi) is 3.28. The maximum atomic E-state index is 14.7. The number of nitrogens with zero attached hydrogens (tertiary/aromatic N) is 2. The van der Waals surface area contributed by atoms with E-state index in [9.17, 15) is 8.78 Å². The first-order valence-corrected chi connectivity index (χ1v) is 7.89. The molecule has 2 aromatic rings. The SMILES string of the molecule is NC1=N[C@@]2(CCc3ccc(-c4cncc(Cl)c4)cc32)C(F)(F)CO1. The van der Waals surface area contributed by atoms with Gasteiger partial charge in [-0.25, -0.2) is 4.99 Å². The second-order valence-corrected chi connectivity index (χ2v) is 6.50. The Morgan fingerprint density at radius 1 is 1.17 bits per heavy atom. The summed E-state index contributed by atoms with van der Waals surface area (Å²) in [6.45, 7) is -0.759. The summed E-state index contributed by atoms with van der Waals surface area (Å²) in [6, 6.07) is 7.04. The Labute approximate surface area is 142 Å². The van der Waals surface area contributed by atoms with E-state index in [0.29, 0.717) is 17.0 Å². The molecule has 0 amide bonds. The van der Waals surface area contributed by atoms with Crippen LogP contribution in [0.3, 0.4) is 0 Å². The number of nitrogens with two attached hydrogens (primary N) is 1. The van der Waals surface area contributed by atoms with Crippen molar-refractivity contribution < 1.29 is 13.5 Å². The molecule has 2 N–H and O–H groups in total. The van der Waals surface area contributed by atoms with Crippen LogP contribution in [0.25, 0.3) is 11.1 Å². The Balaban J connectivity index is 1.89. The summed E-state index contributed by atoms with van der Waals surface area (Å²) in [5.74, 6) is -3.12. The van der Waals surface area contributed by atoms with E-state index in [4.69, 9.17) is 22.1 Å². The number of ether oxygens (including phenoxy) is 1. The van der Waals surface area contributed by atoms with Crippen LogP contribution in [0.15, 0.2) is 41.7 Å². The van der Waals surface area contributed by atoms with E-state index in [1.807, 2.05) is 12.1 Å². The number of pyridine rings is 1. The van der Waals surface area contributed by atoms with Gasteiger partial charge in [-0.15, -0.1) is 0 Å². The molecular weight excluding hydrogens is 336 g/mol. The van der Waals surface area contributed by atoms with Crippen molar-refractivity contribution in [1.29, 1.82) is 0 Å². The van der Waals surface area contributed by atoms with E-state index >= 15 is 0 Å². The van der Waals surface area contributed by atoms with Gasteiger partial charge in [0.25, 0.3) is 6.02 Å². The zero-order valence-electron chi connectivity index (χ0n) is 12.6. The quantitative estimate of drug-likeness (QED) is 0.856. The molecular formula is C17H14ClF2N3O. The van der Waals surface area contributed by atoms with Crippen LogP contribution in [0.1, 0.15) is 17.5 Å². The molecule has 0 unspecified atom stereocenters. The van der Waals surface area contributed by atoms with Crippen molar-refractivity contribution in [3.63, 3.8) is 0 Å². The number of hydrogen-bond donors (Lipinski definition) is 1. The molecule has 2 aliphatic rings. The first-order valence-electron chi connectivity index (χ1n) is 7.52. The highest BCUT2D eigenvalue weighted by atomic mass is 35.5. The Morgan fingerprint density at radius 3 is 2.79 bits per heavy atom. The first-order chi connectivity index (χ1) is 11.4. The fourth-order valence-electron chi connectivity index (χ4n) is 3.46. The normalized spacial score (nSPS) is 24.4. The molecule has 0 saturated heterocycles. The van der Waals surface area contributed by atoms with Gasteiger partial charge in [-0.2, -0.15) is 8.78 Å². The maximum absolute atomic E-state index is 14.7. The van der Waals surface area contributed by atoms with Gasteiger partial charge in [0.15, 0.2) is 12.1 Å². The average Bonchev–Trinajstić information content (AvgIpc) is 2.91. The molecule has 2 heterocycles. The molecule has 0 bridgehead atoms. The minimum absolute atomic E-state index is 0.191. The molecule has 124 valence electrons. The molecule has 1 aromatic heterocycles. The highest BCUT2D eigenvalue weighted by Gasteiger charge is 2.60. The summed E-state index contributed by atoms with van der Waals surface area (Å²) in [5.41, 5.74) is 6.82. The molecule has 1 aliphatic heterocycles. The monoisotopic (exact) mass is 349 g/mol. The van der Waals surface area contributed by atoms with Crippen LogP contribution in [-0.4, -0.2) is 23.5 Å². The molecule has 4 nitrogen and oxygen atoms in total. The largest absolute Gasteiger partial charge is 0.459 e. The third-order valence-corrected chi connectivity index (χ3v) is 4.86. The molecule has 0 radical (unpaired) electrons. The summed E-state index contributed by atoms with van der Waals surface area (Å²) in [6.07, 6.45) is 3.90. The van der Waals surface area contributed by atoms with Gasteiger partial charge in [0.1, 0.15) is 0 Å². The van der Waals surface area contributed by atoms with Crippen LogP contribution >= 0.6 is 11.6 Å². The Morgan fingerprint density at radius 2 is 2.00 bits per heavy atom. The van der Waals surface area contributed by atoms with Crippen molar-refractivity contribution in [3.8, 4) is 11.1 Å². The second-order valence-electron chi connectivity index (χ2n) is 6.07. The minimum atomic E-state index is -3.12. The van der Waals surface area contributed by atoms with Crippen LogP contribution in [0.5, 0.6) is 0 Å².